The van der Waals surface area contributed by atoms with Gasteiger partial charge >= 0.3 is 0 Å². The van der Waals surface area contributed by atoms with Crippen molar-refractivity contribution in [3.8, 4) is 0 Å². The summed E-state index contributed by atoms with van der Waals surface area (Å²) in [6.45, 7) is 5.85. The number of nitrogens with two attached hydrogens (primary N) is 1. The Morgan fingerprint density at radius 3 is 2.67 bits per heavy atom. The van der Waals surface area contributed by atoms with E-state index in [-0.39, 0.29) is 5.91 Å². The first-order valence-corrected chi connectivity index (χ1v) is 6.02. The summed E-state index contributed by atoms with van der Waals surface area (Å²) >= 11 is 0. The standard InChI is InChI=1S/C12H24N2O/c1-10(8-13)4-5-11(15)14-9-12(2)6-3-7-12/h10H,3-9,13H2,1-2H3,(H,14,15). The van der Waals surface area contributed by atoms with Gasteiger partial charge in [0.25, 0.3) is 0 Å². The maximum atomic E-state index is 11.5. The third-order valence-corrected chi connectivity index (χ3v) is 3.54. The van der Waals surface area contributed by atoms with Crippen LogP contribution < -0.4 is 11.1 Å². The third-order valence-electron chi connectivity index (χ3n) is 3.54. The van der Waals surface area contributed by atoms with Crippen molar-refractivity contribution in [3.63, 3.8) is 0 Å². The molecule has 0 aliphatic heterocycles. The lowest BCUT2D eigenvalue weighted by Crippen LogP contribution is -2.40. The zero-order chi connectivity index (χ0) is 11.3. The second-order valence-electron chi connectivity index (χ2n) is 5.32. The molecule has 1 fully saturated rings. The van der Waals surface area contributed by atoms with Crippen molar-refractivity contribution in [1.29, 1.82) is 0 Å². The van der Waals surface area contributed by atoms with Crippen LogP contribution in [-0.4, -0.2) is 19.0 Å². The highest BCUT2D eigenvalue weighted by Crippen LogP contribution is 2.39. The zero-order valence-electron chi connectivity index (χ0n) is 10.0. The van der Waals surface area contributed by atoms with E-state index in [1.54, 1.807) is 0 Å². The van der Waals surface area contributed by atoms with Crippen LogP contribution in [-0.2, 0) is 4.79 Å². The summed E-state index contributed by atoms with van der Waals surface area (Å²) in [5, 5.41) is 3.02. The highest BCUT2D eigenvalue weighted by Gasteiger charge is 2.31. The normalized spacial score (nSPS) is 20.5. The first-order chi connectivity index (χ1) is 7.06. The molecule has 0 spiro atoms. The molecular formula is C12H24N2O. The van der Waals surface area contributed by atoms with E-state index >= 15 is 0 Å². The van der Waals surface area contributed by atoms with Crippen molar-refractivity contribution < 1.29 is 4.79 Å². The zero-order valence-corrected chi connectivity index (χ0v) is 10.0. The van der Waals surface area contributed by atoms with Crippen LogP contribution in [0.25, 0.3) is 0 Å². The third kappa shape index (κ3) is 4.20. The maximum Gasteiger partial charge on any atom is 0.220 e. The molecule has 1 amide bonds. The molecule has 0 heterocycles. The lowest BCUT2D eigenvalue weighted by molar-refractivity contribution is -0.122. The molecule has 1 atom stereocenters. The van der Waals surface area contributed by atoms with Gasteiger partial charge in [-0.25, -0.2) is 0 Å². The van der Waals surface area contributed by atoms with Gasteiger partial charge in [0.15, 0.2) is 0 Å². The molecule has 0 bridgehead atoms. The monoisotopic (exact) mass is 212 g/mol. The van der Waals surface area contributed by atoms with Gasteiger partial charge in [-0.05, 0) is 37.1 Å². The van der Waals surface area contributed by atoms with Crippen LogP contribution in [0.4, 0.5) is 0 Å². The predicted octanol–water partition coefficient (Wildman–Crippen LogP) is 1.67. The topological polar surface area (TPSA) is 55.1 Å². The summed E-state index contributed by atoms with van der Waals surface area (Å²) in [7, 11) is 0. The van der Waals surface area contributed by atoms with Crippen LogP contribution >= 0.6 is 0 Å². The molecule has 0 saturated heterocycles. The largest absolute Gasteiger partial charge is 0.356 e. The van der Waals surface area contributed by atoms with E-state index in [0.29, 0.717) is 24.3 Å². The highest BCUT2D eigenvalue weighted by atomic mass is 16.1. The van der Waals surface area contributed by atoms with Gasteiger partial charge in [0.1, 0.15) is 0 Å². The summed E-state index contributed by atoms with van der Waals surface area (Å²) in [5.74, 6) is 0.637. The molecule has 15 heavy (non-hydrogen) atoms. The molecule has 3 heteroatoms. The van der Waals surface area contributed by atoms with Crippen molar-refractivity contribution in [2.75, 3.05) is 13.1 Å². The van der Waals surface area contributed by atoms with Gasteiger partial charge in [-0.1, -0.05) is 20.3 Å². The summed E-state index contributed by atoms with van der Waals surface area (Å²) in [4.78, 5) is 11.5. The Morgan fingerprint density at radius 1 is 1.53 bits per heavy atom. The Hall–Kier alpha value is -0.570. The predicted molar refractivity (Wildman–Crippen MR) is 62.4 cm³/mol. The fourth-order valence-electron chi connectivity index (χ4n) is 1.85. The van der Waals surface area contributed by atoms with Crippen LogP contribution in [0.2, 0.25) is 0 Å². The van der Waals surface area contributed by atoms with Crippen LogP contribution in [0.5, 0.6) is 0 Å². The molecule has 0 aromatic heterocycles. The van der Waals surface area contributed by atoms with E-state index in [4.69, 9.17) is 5.73 Å². The smallest absolute Gasteiger partial charge is 0.220 e. The lowest BCUT2D eigenvalue weighted by atomic mass is 9.70. The van der Waals surface area contributed by atoms with Crippen molar-refractivity contribution in [1.82, 2.24) is 5.32 Å². The molecular weight excluding hydrogens is 188 g/mol. The molecule has 1 aliphatic rings. The van der Waals surface area contributed by atoms with Gasteiger partial charge in [-0.15, -0.1) is 0 Å². The highest BCUT2D eigenvalue weighted by molar-refractivity contribution is 5.75. The molecule has 3 N–H and O–H groups in total. The second kappa shape index (κ2) is 5.50. The summed E-state index contributed by atoms with van der Waals surface area (Å²) in [6.07, 6.45) is 5.35. The van der Waals surface area contributed by atoms with E-state index in [0.717, 1.165) is 13.0 Å². The Bertz CT molecular complexity index is 212. The minimum atomic E-state index is 0.184. The fraction of sp³-hybridized carbons (Fsp3) is 0.917. The van der Waals surface area contributed by atoms with Crippen LogP contribution in [0.3, 0.4) is 0 Å². The average Bonchev–Trinajstić information content (AvgIpc) is 2.20. The van der Waals surface area contributed by atoms with Crippen molar-refractivity contribution in [2.45, 2.75) is 46.0 Å². The second-order valence-corrected chi connectivity index (χ2v) is 5.32. The fourth-order valence-corrected chi connectivity index (χ4v) is 1.85. The van der Waals surface area contributed by atoms with Crippen molar-refractivity contribution >= 4 is 5.91 Å². The minimum absolute atomic E-state index is 0.184. The summed E-state index contributed by atoms with van der Waals surface area (Å²) in [5.41, 5.74) is 5.88. The molecule has 1 aliphatic carbocycles. The number of rotatable bonds is 6. The number of carbonyl (C=O) groups is 1. The van der Waals surface area contributed by atoms with Crippen molar-refractivity contribution in [3.05, 3.63) is 0 Å². The Labute approximate surface area is 92.8 Å². The van der Waals surface area contributed by atoms with E-state index in [9.17, 15) is 4.79 Å². The molecule has 0 aromatic carbocycles. The van der Waals surface area contributed by atoms with Gasteiger partial charge in [0.2, 0.25) is 5.91 Å². The Kier molecular flexibility index (Phi) is 4.58. The SMILES string of the molecule is CC(CN)CCC(=O)NCC1(C)CCC1. The van der Waals surface area contributed by atoms with Gasteiger partial charge in [0, 0.05) is 13.0 Å². The Morgan fingerprint density at radius 2 is 2.20 bits per heavy atom. The number of amides is 1. The first kappa shape index (κ1) is 12.5. The average molecular weight is 212 g/mol. The Balaban J connectivity index is 2.08. The van der Waals surface area contributed by atoms with Gasteiger partial charge < -0.3 is 11.1 Å². The summed E-state index contributed by atoms with van der Waals surface area (Å²) in [6, 6.07) is 0. The maximum absolute atomic E-state index is 11.5. The van der Waals surface area contributed by atoms with Crippen molar-refractivity contribution in [2.24, 2.45) is 17.1 Å². The van der Waals surface area contributed by atoms with Gasteiger partial charge in [-0.3, -0.25) is 4.79 Å². The van der Waals surface area contributed by atoms with E-state index in [1.807, 2.05) is 0 Å². The number of nitrogens with one attached hydrogen (secondary N) is 1. The number of carbonyl (C=O) groups excluding carboxylic acids is 1. The molecule has 3 nitrogen and oxygen atoms in total. The van der Waals surface area contributed by atoms with Gasteiger partial charge in [-0.2, -0.15) is 0 Å². The summed E-state index contributed by atoms with van der Waals surface area (Å²) < 4.78 is 0. The molecule has 0 aromatic rings. The molecule has 0 radical (unpaired) electrons. The van der Waals surface area contributed by atoms with Gasteiger partial charge in [0.05, 0.1) is 0 Å². The van der Waals surface area contributed by atoms with E-state index in [1.165, 1.54) is 19.3 Å². The molecule has 1 saturated carbocycles. The molecule has 1 unspecified atom stereocenters. The quantitative estimate of drug-likeness (QED) is 0.703. The molecule has 88 valence electrons. The van der Waals surface area contributed by atoms with E-state index < -0.39 is 0 Å². The van der Waals surface area contributed by atoms with E-state index in [2.05, 4.69) is 19.2 Å². The lowest BCUT2D eigenvalue weighted by Gasteiger charge is -2.38. The number of hydrogen-bond donors (Lipinski definition) is 2. The van der Waals surface area contributed by atoms with Crippen LogP contribution in [0.15, 0.2) is 0 Å². The number of hydrogen-bond acceptors (Lipinski definition) is 2. The van der Waals surface area contributed by atoms with Crippen LogP contribution in [0, 0.1) is 11.3 Å². The minimum Gasteiger partial charge on any atom is -0.356 e. The van der Waals surface area contributed by atoms with Crippen LogP contribution in [0.1, 0.15) is 46.0 Å². The first-order valence-electron chi connectivity index (χ1n) is 6.02. The molecule has 1 rings (SSSR count).